The lowest BCUT2D eigenvalue weighted by atomic mass is 10.1. The molecule has 0 radical (unpaired) electrons. The van der Waals surface area contributed by atoms with Gasteiger partial charge in [0, 0.05) is 45.0 Å². The van der Waals surface area contributed by atoms with E-state index >= 15 is 0 Å². The Hall–Kier alpha value is -2.97. The molecule has 0 unspecified atom stereocenters. The fraction of sp³-hybridized carbons (Fsp3) is 0.318. The molecule has 1 aliphatic heterocycles. The molecular formula is C22H24N4O3S. The largest absolute Gasteiger partial charge is 0.465 e. The lowest BCUT2D eigenvalue weighted by Crippen LogP contribution is -2.47. The van der Waals surface area contributed by atoms with E-state index < -0.39 is 5.97 Å². The third kappa shape index (κ3) is 4.15. The Morgan fingerprint density at radius 1 is 1.07 bits per heavy atom. The van der Waals surface area contributed by atoms with E-state index in [2.05, 4.69) is 39.0 Å². The highest BCUT2D eigenvalue weighted by atomic mass is 32.1. The first-order chi connectivity index (χ1) is 14.6. The molecule has 0 atom stereocenters. The van der Waals surface area contributed by atoms with E-state index in [0.29, 0.717) is 27.8 Å². The van der Waals surface area contributed by atoms with Crippen LogP contribution >= 0.6 is 12.2 Å². The molecule has 1 fully saturated rings. The highest BCUT2D eigenvalue weighted by molar-refractivity contribution is 7.71. The molecule has 8 heteroatoms. The van der Waals surface area contributed by atoms with Crippen LogP contribution in [0, 0.1) is 4.77 Å². The van der Waals surface area contributed by atoms with Crippen LogP contribution in [0.4, 0.5) is 5.69 Å². The normalized spacial score (nSPS) is 14.8. The van der Waals surface area contributed by atoms with Crippen molar-refractivity contribution < 1.29 is 9.53 Å². The van der Waals surface area contributed by atoms with Crippen molar-refractivity contribution in [2.24, 2.45) is 0 Å². The summed E-state index contributed by atoms with van der Waals surface area (Å²) in [7, 11) is 1.33. The number of anilines is 1. The number of hydrogen-bond acceptors (Lipinski definition) is 6. The lowest BCUT2D eigenvalue weighted by molar-refractivity contribution is 0.0601. The zero-order chi connectivity index (χ0) is 21.1. The van der Waals surface area contributed by atoms with Crippen molar-refractivity contribution in [1.82, 2.24) is 14.5 Å². The van der Waals surface area contributed by atoms with Crippen LogP contribution in [0.2, 0.25) is 0 Å². The van der Waals surface area contributed by atoms with E-state index in [4.69, 9.17) is 17.0 Å². The monoisotopic (exact) mass is 424 g/mol. The summed E-state index contributed by atoms with van der Waals surface area (Å²) in [6.45, 7) is 5.08. The fourth-order valence-corrected chi connectivity index (χ4v) is 4.10. The van der Waals surface area contributed by atoms with Crippen LogP contribution in [0.5, 0.6) is 0 Å². The van der Waals surface area contributed by atoms with Crippen LogP contribution in [-0.2, 0) is 11.3 Å². The number of ether oxygens (including phenoxy) is 1. The lowest BCUT2D eigenvalue weighted by Gasteiger charge is -2.36. The topological polar surface area (TPSA) is 70.6 Å². The van der Waals surface area contributed by atoms with Crippen molar-refractivity contribution in [3.05, 3.63) is 69.2 Å². The summed E-state index contributed by atoms with van der Waals surface area (Å²) in [4.78, 5) is 32.5. The molecule has 0 aliphatic carbocycles. The van der Waals surface area contributed by atoms with Gasteiger partial charge in [0.25, 0.3) is 5.56 Å². The molecule has 3 aromatic rings. The number of piperazine rings is 1. The van der Waals surface area contributed by atoms with Crippen molar-refractivity contribution in [3.8, 4) is 0 Å². The van der Waals surface area contributed by atoms with E-state index in [1.54, 1.807) is 22.8 Å². The van der Waals surface area contributed by atoms with Crippen LogP contribution in [-0.4, -0.2) is 60.3 Å². The molecule has 2 heterocycles. The second kappa shape index (κ2) is 8.81. The van der Waals surface area contributed by atoms with Gasteiger partial charge in [-0.3, -0.25) is 14.3 Å². The van der Waals surface area contributed by atoms with Gasteiger partial charge in [0.1, 0.15) is 0 Å². The van der Waals surface area contributed by atoms with Gasteiger partial charge < -0.3 is 14.6 Å². The number of fused-ring (bicyclic) bond motifs is 1. The van der Waals surface area contributed by atoms with Gasteiger partial charge in [0.2, 0.25) is 0 Å². The standard InChI is InChI=1S/C22H24N4O3S/c1-29-21(28)16-7-8-18-19(15-16)23-22(30)26(20(18)27)14-11-24-9-12-25(13-10-24)17-5-3-2-4-6-17/h2-8,15H,9-14H2,1H3,(H,23,30). The van der Waals surface area contributed by atoms with Gasteiger partial charge in [-0.05, 0) is 42.5 Å². The zero-order valence-corrected chi connectivity index (χ0v) is 17.7. The van der Waals surface area contributed by atoms with Gasteiger partial charge in [-0.1, -0.05) is 18.2 Å². The Labute approximate surface area is 179 Å². The molecule has 0 saturated carbocycles. The van der Waals surface area contributed by atoms with Gasteiger partial charge in [0.15, 0.2) is 4.77 Å². The Bertz CT molecular complexity index is 1160. The third-order valence-corrected chi connectivity index (χ3v) is 5.86. The molecule has 1 N–H and O–H groups in total. The molecule has 1 saturated heterocycles. The molecule has 1 aliphatic rings. The average Bonchev–Trinajstić information content (AvgIpc) is 2.79. The molecule has 4 rings (SSSR count). The van der Waals surface area contributed by atoms with Crippen LogP contribution in [0.1, 0.15) is 10.4 Å². The Balaban J connectivity index is 1.45. The predicted molar refractivity (Wildman–Crippen MR) is 120 cm³/mol. The van der Waals surface area contributed by atoms with E-state index in [0.717, 1.165) is 32.7 Å². The van der Waals surface area contributed by atoms with Crippen LogP contribution < -0.4 is 10.5 Å². The Morgan fingerprint density at radius 2 is 1.80 bits per heavy atom. The fourth-order valence-electron chi connectivity index (χ4n) is 3.81. The van der Waals surface area contributed by atoms with Gasteiger partial charge in [-0.25, -0.2) is 4.79 Å². The number of aromatic nitrogens is 2. The highest BCUT2D eigenvalue weighted by Crippen LogP contribution is 2.16. The van der Waals surface area contributed by atoms with Crippen molar-refractivity contribution in [1.29, 1.82) is 0 Å². The number of H-pyrrole nitrogens is 1. The van der Waals surface area contributed by atoms with Crippen molar-refractivity contribution in [2.75, 3.05) is 44.7 Å². The molecule has 0 amide bonds. The number of nitrogens with one attached hydrogen (secondary N) is 1. The van der Waals surface area contributed by atoms with Gasteiger partial charge in [-0.2, -0.15) is 0 Å². The van der Waals surface area contributed by atoms with Crippen LogP contribution in [0.25, 0.3) is 10.9 Å². The number of hydrogen-bond donors (Lipinski definition) is 1. The average molecular weight is 425 g/mol. The molecule has 156 valence electrons. The van der Waals surface area contributed by atoms with E-state index in [9.17, 15) is 9.59 Å². The number of methoxy groups -OCH3 is 1. The van der Waals surface area contributed by atoms with E-state index in [1.807, 2.05) is 6.07 Å². The maximum Gasteiger partial charge on any atom is 0.337 e. The number of nitrogens with zero attached hydrogens (tertiary/aromatic N) is 3. The number of esters is 1. The number of aromatic amines is 1. The second-order valence-electron chi connectivity index (χ2n) is 7.30. The van der Waals surface area contributed by atoms with Gasteiger partial charge >= 0.3 is 5.97 Å². The first kappa shape index (κ1) is 20.3. The molecule has 0 spiro atoms. The van der Waals surface area contributed by atoms with Gasteiger partial charge in [-0.15, -0.1) is 0 Å². The Morgan fingerprint density at radius 3 is 2.50 bits per heavy atom. The SMILES string of the molecule is COC(=O)c1ccc2c(=O)n(CCN3CCN(c4ccccc4)CC3)c(=S)[nH]c2c1. The summed E-state index contributed by atoms with van der Waals surface area (Å²) in [5, 5.41) is 0.505. The van der Waals surface area contributed by atoms with Crippen molar-refractivity contribution in [3.63, 3.8) is 0 Å². The number of carbonyl (C=O) groups is 1. The van der Waals surface area contributed by atoms with Crippen molar-refractivity contribution in [2.45, 2.75) is 6.54 Å². The summed E-state index contributed by atoms with van der Waals surface area (Å²) in [6.07, 6.45) is 0. The maximum absolute atomic E-state index is 12.9. The zero-order valence-electron chi connectivity index (χ0n) is 16.8. The van der Waals surface area contributed by atoms with Crippen molar-refractivity contribution >= 4 is 34.8 Å². The maximum atomic E-state index is 12.9. The van der Waals surface area contributed by atoms with E-state index in [-0.39, 0.29) is 5.56 Å². The van der Waals surface area contributed by atoms with E-state index in [1.165, 1.54) is 12.8 Å². The molecule has 1 aromatic heterocycles. The van der Waals surface area contributed by atoms with Gasteiger partial charge in [0.05, 0.1) is 23.6 Å². The molecular weight excluding hydrogens is 400 g/mol. The number of para-hydroxylation sites is 1. The minimum absolute atomic E-state index is 0.145. The van der Waals surface area contributed by atoms with Crippen LogP contribution in [0.15, 0.2) is 53.3 Å². The third-order valence-electron chi connectivity index (χ3n) is 5.54. The minimum atomic E-state index is -0.449. The quantitative estimate of drug-likeness (QED) is 0.502. The molecule has 7 nitrogen and oxygen atoms in total. The molecule has 2 aromatic carbocycles. The summed E-state index contributed by atoms with van der Waals surface area (Å²) < 4.78 is 6.69. The first-order valence-corrected chi connectivity index (χ1v) is 10.3. The Kier molecular flexibility index (Phi) is 5.96. The number of rotatable bonds is 5. The summed E-state index contributed by atoms with van der Waals surface area (Å²) >= 11 is 5.42. The minimum Gasteiger partial charge on any atom is -0.465 e. The second-order valence-corrected chi connectivity index (χ2v) is 7.69. The highest BCUT2D eigenvalue weighted by Gasteiger charge is 2.17. The predicted octanol–water partition coefficient (Wildman–Crippen LogP) is 2.67. The summed E-state index contributed by atoms with van der Waals surface area (Å²) in [6, 6.07) is 15.3. The summed E-state index contributed by atoms with van der Waals surface area (Å²) in [5.41, 5.74) is 2.02. The smallest absolute Gasteiger partial charge is 0.337 e. The van der Waals surface area contributed by atoms with Crippen LogP contribution in [0.3, 0.4) is 0 Å². The first-order valence-electron chi connectivity index (χ1n) is 9.94. The molecule has 30 heavy (non-hydrogen) atoms. The molecule has 0 bridgehead atoms. The number of carbonyl (C=O) groups excluding carboxylic acids is 1. The number of benzene rings is 2. The summed E-state index contributed by atoms with van der Waals surface area (Å²) in [5.74, 6) is -0.449.